The smallest absolute Gasteiger partial charge is 0.0198 e. The van der Waals surface area contributed by atoms with E-state index in [0.29, 0.717) is 10.8 Å². The molecule has 0 radical (unpaired) electrons. The summed E-state index contributed by atoms with van der Waals surface area (Å²) in [6.45, 7) is 19.6. The molecule has 0 aliphatic carbocycles. The third-order valence-corrected chi connectivity index (χ3v) is 6.57. The zero-order chi connectivity index (χ0) is 17.2. The zero-order valence-corrected chi connectivity index (χ0v) is 17.2. The number of hydrogen-bond acceptors (Lipinski definition) is 0. The Morgan fingerprint density at radius 1 is 0.727 bits per heavy atom. The first-order valence-corrected chi connectivity index (χ1v) is 10.3. The Morgan fingerprint density at radius 2 is 1.23 bits per heavy atom. The van der Waals surface area contributed by atoms with E-state index < -0.39 is 0 Å². The molecule has 0 aromatic heterocycles. The fraction of sp³-hybridized carbons (Fsp3) is 1.00. The minimum absolute atomic E-state index is 0.403. The SMILES string of the molecule is CCCCCCCCC(C)C(CC)(C(CC)CC)C(C)(C)C. The number of unbranched alkanes of at least 4 members (excludes halogenated alkanes) is 5. The van der Waals surface area contributed by atoms with Crippen molar-refractivity contribution in [2.45, 2.75) is 120 Å². The van der Waals surface area contributed by atoms with E-state index in [4.69, 9.17) is 0 Å². The monoisotopic (exact) mass is 310 g/mol. The average Bonchev–Trinajstić information content (AvgIpc) is 2.46. The van der Waals surface area contributed by atoms with E-state index in [1.165, 1.54) is 64.2 Å². The Balaban J connectivity index is 4.80. The molecule has 2 unspecified atom stereocenters. The van der Waals surface area contributed by atoms with Crippen molar-refractivity contribution in [2.75, 3.05) is 0 Å². The molecule has 0 fully saturated rings. The van der Waals surface area contributed by atoms with Crippen molar-refractivity contribution >= 4 is 0 Å². The first-order valence-electron chi connectivity index (χ1n) is 10.3. The molecule has 134 valence electrons. The summed E-state index contributed by atoms with van der Waals surface area (Å²) >= 11 is 0. The van der Waals surface area contributed by atoms with Crippen LogP contribution in [-0.4, -0.2) is 0 Å². The van der Waals surface area contributed by atoms with E-state index in [1.807, 2.05) is 0 Å². The Morgan fingerprint density at radius 3 is 1.64 bits per heavy atom. The second-order valence-corrected chi connectivity index (χ2v) is 8.61. The lowest BCUT2D eigenvalue weighted by Gasteiger charge is -2.54. The molecule has 0 nitrogen and oxygen atoms in total. The van der Waals surface area contributed by atoms with Crippen LogP contribution in [0.4, 0.5) is 0 Å². The van der Waals surface area contributed by atoms with Crippen molar-refractivity contribution in [3.05, 3.63) is 0 Å². The molecule has 0 N–H and O–H groups in total. The molecule has 0 spiro atoms. The van der Waals surface area contributed by atoms with Gasteiger partial charge in [-0.25, -0.2) is 0 Å². The van der Waals surface area contributed by atoms with Gasteiger partial charge in [0.05, 0.1) is 0 Å². The molecule has 0 saturated heterocycles. The molecule has 0 saturated carbocycles. The molecule has 0 bridgehead atoms. The van der Waals surface area contributed by atoms with Crippen LogP contribution in [0.2, 0.25) is 0 Å². The molecule has 0 aromatic carbocycles. The topological polar surface area (TPSA) is 0 Å². The van der Waals surface area contributed by atoms with Crippen molar-refractivity contribution in [3.63, 3.8) is 0 Å². The van der Waals surface area contributed by atoms with Crippen LogP contribution >= 0.6 is 0 Å². The van der Waals surface area contributed by atoms with Crippen molar-refractivity contribution < 1.29 is 0 Å². The molecule has 2 atom stereocenters. The van der Waals surface area contributed by atoms with Gasteiger partial charge in [0.2, 0.25) is 0 Å². The second kappa shape index (κ2) is 10.7. The summed E-state index contributed by atoms with van der Waals surface area (Å²) in [6, 6.07) is 0. The van der Waals surface area contributed by atoms with Gasteiger partial charge in [-0.15, -0.1) is 0 Å². The molecule has 22 heavy (non-hydrogen) atoms. The highest BCUT2D eigenvalue weighted by atomic mass is 14.5. The molecule has 0 aliphatic heterocycles. The van der Waals surface area contributed by atoms with Crippen LogP contribution < -0.4 is 0 Å². The van der Waals surface area contributed by atoms with Gasteiger partial charge in [0.25, 0.3) is 0 Å². The summed E-state index contributed by atoms with van der Waals surface area (Å²) in [5, 5.41) is 0. The maximum Gasteiger partial charge on any atom is -0.0198 e. The summed E-state index contributed by atoms with van der Waals surface area (Å²) in [4.78, 5) is 0. The van der Waals surface area contributed by atoms with Gasteiger partial charge < -0.3 is 0 Å². The van der Waals surface area contributed by atoms with E-state index in [2.05, 4.69) is 55.4 Å². The van der Waals surface area contributed by atoms with Crippen molar-refractivity contribution in [3.8, 4) is 0 Å². The molecule has 0 aliphatic rings. The van der Waals surface area contributed by atoms with Gasteiger partial charge in [-0.2, -0.15) is 0 Å². The lowest BCUT2D eigenvalue weighted by molar-refractivity contribution is -0.0509. The van der Waals surface area contributed by atoms with Crippen LogP contribution in [0, 0.1) is 22.7 Å². The van der Waals surface area contributed by atoms with E-state index in [0.717, 1.165) is 11.8 Å². The third kappa shape index (κ3) is 5.57. The van der Waals surface area contributed by atoms with E-state index in [1.54, 1.807) is 0 Å². The largest absolute Gasteiger partial charge is 0.0654 e. The highest BCUT2D eigenvalue weighted by Crippen LogP contribution is 2.56. The average molecular weight is 311 g/mol. The van der Waals surface area contributed by atoms with Crippen LogP contribution in [0.1, 0.15) is 120 Å². The summed E-state index contributed by atoms with van der Waals surface area (Å²) in [6.07, 6.45) is 14.0. The third-order valence-electron chi connectivity index (χ3n) is 6.57. The van der Waals surface area contributed by atoms with E-state index >= 15 is 0 Å². The summed E-state index contributed by atoms with van der Waals surface area (Å²) in [5.74, 6) is 1.71. The van der Waals surface area contributed by atoms with Crippen LogP contribution in [0.5, 0.6) is 0 Å². The van der Waals surface area contributed by atoms with Crippen molar-refractivity contribution in [1.29, 1.82) is 0 Å². The van der Waals surface area contributed by atoms with Gasteiger partial charge >= 0.3 is 0 Å². The maximum absolute atomic E-state index is 2.55. The molecule has 0 heteroatoms. The fourth-order valence-corrected chi connectivity index (χ4v) is 5.43. The van der Waals surface area contributed by atoms with Crippen LogP contribution in [0.15, 0.2) is 0 Å². The highest BCUT2D eigenvalue weighted by Gasteiger charge is 2.48. The molecular formula is C22H46. The van der Waals surface area contributed by atoms with Crippen LogP contribution in [-0.2, 0) is 0 Å². The minimum Gasteiger partial charge on any atom is -0.0654 e. The Hall–Kier alpha value is 0. The first-order chi connectivity index (χ1) is 10.3. The van der Waals surface area contributed by atoms with E-state index in [-0.39, 0.29) is 0 Å². The maximum atomic E-state index is 2.55. The molecule has 0 rings (SSSR count). The Bertz CT molecular complexity index is 256. The quantitative estimate of drug-likeness (QED) is 0.318. The van der Waals surface area contributed by atoms with Gasteiger partial charge in [0.15, 0.2) is 0 Å². The van der Waals surface area contributed by atoms with E-state index in [9.17, 15) is 0 Å². The molecule has 0 amide bonds. The Labute approximate surface area is 142 Å². The lowest BCUT2D eigenvalue weighted by atomic mass is 9.51. The van der Waals surface area contributed by atoms with Crippen molar-refractivity contribution in [1.82, 2.24) is 0 Å². The molecular weight excluding hydrogens is 264 g/mol. The highest BCUT2D eigenvalue weighted by molar-refractivity contribution is 4.97. The van der Waals surface area contributed by atoms with Gasteiger partial charge in [-0.1, -0.05) is 113 Å². The lowest BCUT2D eigenvalue weighted by Crippen LogP contribution is -2.46. The fourth-order valence-electron chi connectivity index (χ4n) is 5.43. The Kier molecular flexibility index (Phi) is 10.7. The molecule has 0 aromatic rings. The van der Waals surface area contributed by atoms with Gasteiger partial charge in [0.1, 0.15) is 0 Å². The summed E-state index contributed by atoms with van der Waals surface area (Å²) in [7, 11) is 0. The normalized spacial score (nSPS) is 16.8. The second-order valence-electron chi connectivity index (χ2n) is 8.61. The zero-order valence-electron chi connectivity index (χ0n) is 17.2. The summed E-state index contributed by atoms with van der Waals surface area (Å²) in [5.41, 5.74) is 0.903. The molecule has 0 heterocycles. The van der Waals surface area contributed by atoms with Gasteiger partial charge in [-0.3, -0.25) is 0 Å². The van der Waals surface area contributed by atoms with Crippen LogP contribution in [0.3, 0.4) is 0 Å². The predicted octanol–water partition coefficient (Wildman–Crippen LogP) is 8.25. The van der Waals surface area contributed by atoms with Crippen molar-refractivity contribution in [2.24, 2.45) is 22.7 Å². The number of rotatable bonds is 12. The standard InChI is InChI=1S/C22H46/c1-9-13-14-15-16-17-18-19(5)22(12-4,21(6,7)8)20(10-2)11-3/h19-20H,9-18H2,1-8H3. The summed E-state index contributed by atoms with van der Waals surface area (Å²) < 4.78 is 0. The first kappa shape index (κ1) is 22.0. The van der Waals surface area contributed by atoms with Gasteiger partial charge in [0, 0.05) is 0 Å². The van der Waals surface area contributed by atoms with Gasteiger partial charge in [-0.05, 0) is 29.1 Å². The number of hydrogen-bond donors (Lipinski definition) is 0. The minimum atomic E-state index is 0.403. The van der Waals surface area contributed by atoms with Crippen LogP contribution in [0.25, 0.3) is 0 Å². The predicted molar refractivity (Wildman–Crippen MR) is 103 cm³/mol.